The van der Waals surface area contributed by atoms with Gasteiger partial charge in [-0.15, -0.1) is 0 Å². The van der Waals surface area contributed by atoms with Crippen LogP contribution in [0.5, 0.6) is 0 Å². The summed E-state index contributed by atoms with van der Waals surface area (Å²) >= 11 is 0. The first-order chi connectivity index (χ1) is 6.96. The molecule has 0 aliphatic carbocycles. The Morgan fingerprint density at radius 1 is 1.40 bits per heavy atom. The molecule has 1 N–H and O–H groups in total. The summed E-state index contributed by atoms with van der Waals surface area (Å²) < 4.78 is 13.5. The van der Waals surface area contributed by atoms with Gasteiger partial charge >= 0.3 is 0 Å². The van der Waals surface area contributed by atoms with Gasteiger partial charge in [-0.3, -0.25) is 0 Å². The summed E-state index contributed by atoms with van der Waals surface area (Å²) in [7, 11) is 0. The SMILES string of the molecule is CCC(C)(C)CNc1ncnc(C)c1F. The zero-order chi connectivity index (χ0) is 11.5. The van der Waals surface area contributed by atoms with E-state index in [2.05, 4.69) is 36.1 Å². The summed E-state index contributed by atoms with van der Waals surface area (Å²) in [5, 5.41) is 3.02. The van der Waals surface area contributed by atoms with Gasteiger partial charge in [0.1, 0.15) is 6.33 Å². The molecule has 1 aromatic heterocycles. The van der Waals surface area contributed by atoms with Crippen molar-refractivity contribution in [3.63, 3.8) is 0 Å². The highest BCUT2D eigenvalue weighted by Gasteiger charge is 2.16. The fourth-order valence-electron chi connectivity index (χ4n) is 1.03. The normalized spacial score (nSPS) is 11.5. The molecule has 15 heavy (non-hydrogen) atoms. The van der Waals surface area contributed by atoms with E-state index in [-0.39, 0.29) is 11.2 Å². The maximum Gasteiger partial charge on any atom is 0.186 e. The molecule has 0 saturated carbocycles. The lowest BCUT2D eigenvalue weighted by atomic mass is 9.90. The first-order valence-corrected chi connectivity index (χ1v) is 5.17. The fourth-order valence-corrected chi connectivity index (χ4v) is 1.03. The summed E-state index contributed by atoms with van der Waals surface area (Å²) in [5.41, 5.74) is 0.521. The Kier molecular flexibility index (Phi) is 3.61. The van der Waals surface area contributed by atoms with Crippen molar-refractivity contribution in [1.82, 2.24) is 9.97 Å². The zero-order valence-electron chi connectivity index (χ0n) is 9.76. The highest BCUT2D eigenvalue weighted by Crippen LogP contribution is 2.21. The molecular weight excluding hydrogens is 193 g/mol. The van der Waals surface area contributed by atoms with Gasteiger partial charge in [0.05, 0.1) is 5.69 Å². The smallest absolute Gasteiger partial charge is 0.186 e. The van der Waals surface area contributed by atoms with Crippen LogP contribution >= 0.6 is 0 Å². The van der Waals surface area contributed by atoms with Gasteiger partial charge in [0.2, 0.25) is 0 Å². The van der Waals surface area contributed by atoms with E-state index in [1.807, 2.05) is 0 Å². The van der Waals surface area contributed by atoms with E-state index < -0.39 is 0 Å². The van der Waals surface area contributed by atoms with Crippen LogP contribution in [0.15, 0.2) is 6.33 Å². The number of hydrogen-bond acceptors (Lipinski definition) is 3. The van der Waals surface area contributed by atoms with E-state index in [0.29, 0.717) is 18.1 Å². The Morgan fingerprint density at radius 2 is 2.07 bits per heavy atom. The van der Waals surface area contributed by atoms with Crippen LogP contribution in [0.3, 0.4) is 0 Å². The van der Waals surface area contributed by atoms with Crippen molar-refractivity contribution in [3.05, 3.63) is 17.8 Å². The van der Waals surface area contributed by atoms with Crippen LogP contribution in [0.2, 0.25) is 0 Å². The van der Waals surface area contributed by atoms with Crippen LogP contribution in [0.4, 0.5) is 10.2 Å². The molecule has 0 aromatic carbocycles. The zero-order valence-corrected chi connectivity index (χ0v) is 9.76. The highest BCUT2D eigenvalue weighted by molar-refractivity contribution is 5.36. The second kappa shape index (κ2) is 4.55. The Bertz CT molecular complexity index is 337. The molecular formula is C11H18FN3. The van der Waals surface area contributed by atoms with Gasteiger partial charge in [0.25, 0.3) is 0 Å². The lowest BCUT2D eigenvalue weighted by Gasteiger charge is -2.23. The molecule has 0 aliphatic rings. The molecule has 0 radical (unpaired) electrons. The average molecular weight is 211 g/mol. The number of rotatable bonds is 4. The number of halogens is 1. The highest BCUT2D eigenvalue weighted by atomic mass is 19.1. The standard InChI is InChI=1S/C11H18FN3/c1-5-11(3,4)6-13-10-9(12)8(2)14-7-15-10/h7H,5-6H2,1-4H3,(H,13,14,15). The van der Waals surface area contributed by atoms with Crippen molar-refractivity contribution in [2.75, 3.05) is 11.9 Å². The van der Waals surface area contributed by atoms with Crippen LogP contribution in [-0.4, -0.2) is 16.5 Å². The molecule has 0 fully saturated rings. The topological polar surface area (TPSA) is 37.8 Å². The van der Waals surface area contributed by atoms with Gasteiger partial charge in [-0.2, -0.15) is 0 Å². The minimum absolute atomic E-state index is 0.144. The first-order valence-electron chi connectivity index (χ1n) is 5.17. The quantitative estimate of drug-likeness (QED) is 0.832. The van der Waals surface area contributed by atoms with Gasteiger partial charge in [0.15, 0.2) is 11.6 Å². The van der Waals surface area contributed by atoms with Crippen LogP contribution < -0.4 is 5.32 Å². The molecule has 0 aliphatic heterocycles. The molecule has 0 bridgehead atoms. The van der Waals surface area contributed by atoms with Crippen molar-refractivity contribution in [2.24, 2.45) is 5.41 Å². The monoisotopic (exact) mass is 211 g/mol. The fraction of sp³-hybridized carbons (Fsp3) is 0.636. The molecule has 0 atom stereocenters. The molecule has 84 valence electrons. The Morgan fingerprint density at radius 3 is 2.67 bits per heavy atom. The van der Waals surface area contributed by atoms with Gasteiger partial charge in [0, 0.05) is 6.54 Å². The average Bonchev–Trinajstić information content (AvgIpc) is 2.20. The van der Waals surface area contributed by atoms with Crippen LogP contribution in [0.1, 0.15) is 32.9 Å². The largest absolute Gasteiger partial charge is 0.367 e. The van der Waals surface area contributed by atoms with Crippen LogP contribution in [0.25, 0.3) is 0 Å². The van der Waals surface area contributed by atoms with E-state index in [1.165, 1.54) is 6.33 Å². The van der Waals surface area contributed by atoms with Gasteiger partial charge < -0.3 is 5.32 Å². The molecule has 0 saturated heterocycles. The molecule has 0 unspecified atom stereocenters. The molecule has 3 nitrogen and oxygen atoms in total. The molecule has 4 heteroatoms. The van der Waals surface area contributed by atoms with Gasteiger partial charge in [-0.1, -0.05) is 20.8 Å². The summed E-state index contributed by atoms with van der Waals surface area (Å²) in [6, 6.07) is 0. The minimum atomic E-state index is -0.357. The summed E-state index contributed by atoms with van der Waals surface area (Å²) in [4.78, 5) is 7.66. The van der Waals surface area contributed by atoms with Gasteiger partial charge in [-0.05, 0) is 18.8 Å². The molecule has 1 rings (SSSR count). The van der Waals surface area contributed by atoms with E-state index in [1.54, 1.807) is 6.92 Å². The van der Waals surface area contributed by atoms with Gasteiger partial charge in [-0.25, -0.2) is 14.4 Å². The van der Waals surface area contributed by atoms with E-state index >= 15 is 0 Å². The third-order valence-corrected chi connectivity index (χ3v) is 2.66. The first kappa shape index (κ1) is 11.9. The summed E-state index contributed by atoms with van der Waals surface area (Å²) in [6.45, 7) is 8.71. The number of nitrogens with zero attached hydrogens (tertiary/aromatic N) is 2. The minimum Gasteiger partial charge on any atom is -0.367 e. The Hall–Kier alpha value is -1.19. The number of hydrogen-bond donors (Lipinski definition) is 1. The predicted octanol–water partition coefficient (Wildman–Crippen LogP) is 2.77. The van der Waals surface area contributed by atoms with Crippen molar-refractivity contribution < 1.29 is 4.39 Å². The number of anilines is 1. The predicted molar refractivity (Wildman–Crippen MR) is 59.3 cm³/mol. The van der Waals surface area contributed by atoms with Crippen molar-refractivity contribution >= 4 is 5.82 Å². The second-order valence-corrected chi connectivity index (χ2v) is 4.49. The lowest BCUT2D eigenvalue weighted by molar-refractivity contribution is 0.375. The molecule has 1 heterocycles. The van der Waals surface area contributed by atoms with Crippen molar-refractivity contribution in [3.8, 4) is 0 Å². The summed E-state index contributed by atoms with van der Waals surface area (Å²) in [5.74, 6) is -0.0616. The van der Waals surface area contributed by atoms with Crippen molar-refractivity contribution in [2.45, 2.75) is 34.1 Å². The Balaban J connectivity index is 2.70. The number of aromatic nitrogens is 2. The third kappa shape index (κ3) is 3.15. The van der Waals surface area contributed by atoms with Crippen LogP contribution in [0, 0.1) is 18.2 Å². The lowest BCUT2D eigenvalue weighted by Crippen LogP contribution is -2.23. The van der Waals surface area contributed by atoms with Crippen molar-refractivity contribution in [1.29, 1.82) is 0 Å². The molecule has 0 spiro atoms. The number of nitrogens with one attached hydrogen (secondary N) is 1. The van der Waals surface area contributed by atoms with E-state index in [9.17, 15) is 4.39 Å². The Labute approximate surface area is 90.1 Å². The van der Waals surface area contributed by atoms with E-state index in [0.717, 1.165) is 6.42 Å². The molecule has 1 aromatic rings. The third-order valence-electron chi connectivity index (χ3n) is 2.66. The molecule has 0 amide bonds. The van der Waals surface area contributed by atoms with Crippen LogP contribution in [-0.2, 0) is 0 Å². The maximum absolute atomic E-state index is 13.5. The number of aryl methyl sites for hydroxylation is 1. The maximum atomic E-state index is 13.5. The second-order valence-electron chi connectivity index (χ2n) is 4.49. The summed E-state index contributed by atoms with van der Waals surface area (Å²) in [6.07, 6.45) is 2.41. The van der Waals surface area contributed by atoms with E-state index in [4.69, 9.17) is 0 Å².